The SMILES string of the molecule is CCC1CNC(CC(C)C)CN1C1CC(OC)C1. The summed E-state index contributed by atoms with van der Waals surface area (Å²) in [5, 5.41) is 3.74. The van der Waals surface area contributed by atoms with Gasteiger partial charge in [0.15, 0.2) is 0 Å². The van der Waals surface area contributed by atoms with Crippen LogP contribution in [0.1, 0.15) is 46.5 Å². The summed E-state index contributed by atoms with van der Waals surface area (Å²) in [6, 6.07) is 2.20. The lowest BCUT2D eigenvalue weighted by atomic mass is 9.85. The number of methoxy groups -OCH3 is 1. The van der Waals surface area contributed by atoms with Gasteiger partial charge in [-0.1, -0.05) is 20.8 Å². The quantitative estimate of drug-likeness (QED) is 0.814. The molecule has 2 atom stereocenters. The van der Waals surface area contributed by atoms with E-state index < -0.39 is 0 Å². The minimum Gasteiger partial charge on any atom is -0.381 e. The minimum absolute atomic E-state index is 0.519. The molecule has 2 rings (SSSR count). The van der Waals surface area contributed by atoms with Crippen molar-refractivity contribution in [3.8, 4) is 0 Å². The molecule has 106 valence electrons. The third-order valence-electron chi connectivity index (χ3n) is 4.64. The van der Waals surface area contributed by atoms with Gasteiger partial charge in [-0.05, 0) is 31.6 Å². The van der Waals surface area contributed by atoms with E-state index in [4.69, 9.17) is 4.74 Å². The molecule has 0 aromatic rings. The van der Waals surface area contributed by atoms with Crippen molar-refractivity contribution < 1.29 is 4.74 Å². The summed E-state index contributed by atoms with van der Waals surface area (Å²) in [6.07, 6.45) is 5.55. The normalized spacial score (nSPS) is 37.8. The number of hydrogen-bond donors (Lipinski definition) is 1. The van der Waals surface area contributed by atoms with Crippen LogP contribution in [0.15, 0.2) is 0 Å². The molecule has 1 saturated heterocycles. The Hall–Kier alpha value is -0.120. The molecule has 2 aliphatic rings. The van der Waals surface area contributed by atoms with Crippen LogP contribution >= 0.6 is 0 Å². The standard InChI is InChI=1S/C15H30N2O/c1-5-13-9-16-12(6-11(2)3)10-17(13)14-7-15(8-14)18-4/h11-16H,5-10H2,1-4H3. The average molecular weight is 254 g/mol. The van der Waals surface area contributed by atoms with Crippen molar-refractivity contribution in [3.05, 3.63) is 0 Å². The fraction of sp³-hybridized carbons (Fsp3) is 1.00. The van der Waals surface area contributed by atoms with E-state index in [-0.39, 0.29) is 0 Å². The van der Waals surface area contributed by atoms with E-state index in [1.807, 2.05) is 7.11 Å². The number of piperazine rings is 1. The molecule has 3 heteroatoms. The van der Waals surface area contributed by atoms with Crippen molar-refractivity contribution in [2.45, 2.75) is 70.7 Å². The topological polar surface area (TPSA) is 24.5 Å². The fourth-order valence-electron chi connectivity index (χ4n) is 3.44. The third-order valence-corrected chi connectivity index (χ3v) is 4.64. The zero-order valence-corrected chi connectivity index (χ0v) is 12.5. The highest BCUT2D eigenvalue weighted by atomic mass is 16.5. The van der Waals surface area contributed by atoms with Gasteiger partial charge in [-0.3, -0.25) is 4.90 Å². The van der Waals surface area contributed by atoms with Crippen LogP contribution in [0.5, 0.6) is 0 Å². The highest BCUT2D eigenvalue weighted by Crippen LogP contribution is 2.31. The zero-order chi connectivity index (χ0) is 13.1. The van der Waals surface area contributed by atoms with Gasteiger partial charge in [0.25, 0.3) is 0 Å². The second-order valence-electron chi connectivity index (χ2n) is 6.48. The molecule has 0 amide bonds. The first-order valence-corrected chi connectivity index (χ1v) is 7.65. The van der Waals surface area contributed by atoms with Crippen LogP contribution in [0.2, 0.25) is 0 Å². The summed E-state index contributed by atoms with van der Waals surface area (Å²) < 4.78 is 5.43. The molecule has 1 heterocycles. The number of nitrogens with one attached hydrogen (secondary N) is 1. The summed E-state index contributed by atoms with van der Waals surface area (Å²) in [7, 11) is 1.84. The Morgan fingerprint density at radius 3 is 2.61 bits per heavy atom. The predicted octanol–water partition coefficient (Wildman–Crippen LogP) is 2.26. The molecular formula is C15H30N2O. The van der Waals surface area contributed by atoms with Crippen LogP contribution in [0.3, 0.4) is 0 Å². The van der Waals surface area contributed by atoms with Gasteiger partial charge in [-0.2, -0.15) is 0 Å². The van der Waals surface area contributed by atoms with E-state index in [0.29, 0.717) is 12.1 Å². The second-order valence-corrected chi connectivity index (χ2v) is 6.48. The molecule has 0 aromatic carbocycles. The van der Waals surface area contributed by atoms with Crippen molar-refractivity contribution in [2.75, 3.05) is 20.2 Å². The molecule has 1 N–H and O–H groups in total. The van der Waals surface area contributed by atoms with Crippen molar-refractivity contribution in [1.29, 1.82) is 0 Å². The molecule has 1 aliphatic heterocycles. The fourth-order valence-corrected chi connectivity index (χ4v) is 3.44. The van der Waals surface area contributed by atoms with Gasteiger partial charge >= 0.3 is 0 Å². The molecule has 3 nitrogen and oxygen atoms in total. The molecule has 0 spiro atoms. The Kier molecular flexibility index (Phi) is 5.05. The maximum atomic E-state index is 5.43. The number of hydrogen-bond acceptors (Lipinski definition) is 3. The summed E-state index contributed by atoms with van der Waals surface area (Å²) in [5.74, 6) is 0.788. The van der Waals surface area contributed by atoms with Gasteiger partial charge in [0.2, 0.25) is 0 Å². The third kappa shape index (κ3) is 3.25. The molecule has 2 fully saturated rings. The van der Waals surface area contributed by atoms with Gasteiger partial charge in [0.1, 0.15) is 0 Å². The molecule has 18 heavy (non-hydrogen) atoms. The number of ether oxygens (including phenoxy) is 1. The monoisotopic (exact) mass is 254 g/mol. The summed E-state index contributed by atoms with van der Waals surface area (Å²) in [6.45, 7) is 9.36. The number of rotatable bonds is 5. The van der Waals surface area contributed by atoms with Crippen molar-refractivity contribution in [3.63, 3.8) is 0 Å². The first kappa shape index (κ1) is 14.3. The lowest BCUT2D eigenvalue weighted by Crippen LogP contribution is -2.62. The Bertz CT molecular complexity index is 251. The van der Waals surface area contributed by atoms with Gasteiger partial charge < -0.3 is 10.1 Å². The average Bonchev–Trinajstić information content (AvgIpc) is 2.27. The minimum atomic E-state index is 0.519. The van der Waals surface area contributed by atoms with E-state index in [9.17, 15) is 0 Å². The van der Waals surface area contributed by atoms with E-state index >= 15 is 0 Å². The van der Waals surface area contributed by atoms with Gasteiger partial charge in [0.05, 0.1) is 6.10 Å². The smallest absolute Gasteiger partial charge is 0.0601 e. The second kappa shape index (κ2) is 6.36. The van der Waals surface area contributed by atoms with Crippen LogP contribution < -0.4 is 5.32 Å². The first-order chi connectivity index (χ1) is 8.63. The lowest BCUT2D eigenvalue weighted by molar-refractivity contribution is -0.0535. The lowest BCUT2D eigenvalue weighted by Gasteiger charge is -2.50. The van der Waals surface area contributed by atoms with Crippen LogP contribution in [0.25, 0.3) is 0 Å². The van der Waals surface area contributed by atoms with Crippen molar-refractivity contribution in [1.82, 2.24) is 10.2 Å². The van der Waals surface area contributed by atoms with Crippen molar-refractivity contribution in [2.24, 2.45) is 5.92 Å². The van der Waals surface area contributed by atoms with Crippen LogP contribution in [-0.4, -0.2) is 49.3 Å². The summed E-state index contributed by atoms with van der Waals surface area (Å²) in [5.41, 5.74) is 0. The van der Waals surface area contributed by atoms with Crippen LogP contribution in [-0.2, 0) is 4.74 Å². The highest BCUT2D eigenvalue weighted by molar-refractivity contribution is 4.95. The molecule has 1 saturated carbocycles. The van der Waals surface area contributed by atoms with E-state index in [0.717, 1.165) is 18.0 Å². The Morgan fingerprint density at radius 1 is 1.33 bits per heavy atom. The maximum Gasteiger partial charge on any atom is 0.0601 e. The zero-order valence-electron chi connectivity index (χ0n) is 12.5. The summed E-state index contributed by atoms with van der Waals surface area (Å²) >= 11 is 0. The van der Waals surface area contributed by atoms with Crippen LogP contribution in [0, 0.1) is 5.92 Å². The Balaban J connectivity index is 1.88. The predicted molar refractivity (Wildman–Crippen MR) is 75.8 cm³/mol. The molecular weight excluding hydrogens is 224 g/mol. The van der Waals surface area contributed by atoms with Gasteiger partial charge in [-0.25, -0.2) is 0 Å². The largest absolute Gasteiger partial charge is 0.381 e. The van der Waals surface area contributed by atoms with Gasteiger partial charge in [0, 0.05) is 38.3 Å². The highest BCUT2D eigenvalue weighted by Gasteiger charge is 2.39. The Morgan fingerprint density at radius 2 is 2.06 bits per heavy atom. The first-order valence-electron chi connectivity index (χ1n) is 7.65. The van der Waals surface area contributed by atoms with E-state index in [2.05, 4.69) is 31.0 Å². The molecule has 2 unspecified atom stereocenters. The van der Waals surface area contributed by atoms with E-state index in [1.54, 1.807) is 0 Å². The van der Waals surface area contributed by atoms with Crippen molar-refractivity contribution >= 4 is 0 Å². The maximum absolute atomic E-state index is 5.43. The molecule has 1 aliphatic carbocycles. The molecule has 0 radical (unpaired) electrons. The Labute approximate surface area is 112 Å². The molecule has 0 bridgehead atoms. The van der Waals surface area contributed by atoms with E-state index in [1.165, 1.54) is 38.8 Å². The number of nitrogens with zero attached hydrogens (tertiary/aromatic N) is 1. The summed E-state index contributed by atoms with van der Waals surface area (Å²) in [4.78, 5) is 2.76. The van der Waals surface area contributed by atoms with Crippen LogP contribution in [0.4, 0.5) is 0 Å². The van der Waals surface area contributed by atoms with Gasteiger partial charge in [-0.15, -0.1) is 0 Å². The molecule has 0 aromatic heterocycles.